The van der Waals surface area contributed by atoms with Crippen LogP contribution in [0.3, 0.4) is 0 Å². The number of likely N-dealkylation sites (tertiary alicyclic amines) is 1. The Morgan fingerprint density at radius 2 is 1.61 bits per heavy atom. The minimum Gasteiger partial charge on any atom is -0.489 e. The van der Waals surface area contributed by atoms with Crippen LogP contribution in [0.25, 0.3) is 0 Å². The third-order valence-corrected chi connectivity index (χ3v) is 5.01. The Balaban J connectivity index is 1.41. The van der Waals surface area contributed by atoms with Crippen molar-refractivity contribution in [3.63, 3.8) is 0 Å². The molecule has 4 nitrogen and oxygen atoms in total. The highest BCUT2D eigenvalue weighted by Crippen LogP contribution is 2.21. The summed E-state index contributed by atoms with van der Waals surface area (Å²) in [6.45, 7) is 1.85. The number of ether oxygens (including phenoxy) is 1. The van der Waals surface area contributed by atoms with E-state index in [1.807, 2.05) is 77.7 Å². The minimum absolute atomic E-state index is 0.0737. The van der Waals surface area contributed by atoms with Gasteiger partial charge < -0.3 is 15.0 Å². The monoisotopic (exact) mass is 372 g/mol. The van der Waals surface area contributed by atoms with Crippen molar-refractivity contribution in [2.45, 2.75) is 19.1 Å². The van der Waals surface area contributed by atoms with Crippen LogP contribution < -0.4 is 10.1 Å². The van der Waals surface area contributed by atoms with Crippen LogP contribution in [0.4, 0.5) is 5.69 Å². The SMILES string of the molecule is O=C(c1ccccc1COc1ccccc1)N1CCC(Nc2ccccc2)C1. The second kappa shape index (κ2) is 8.61. The van der Waals surface area contributed by atoms with Crippen LogP contribution in [0.5, 0.6) is 5.75 Å². The molecular formula is C24H24N2O2. The van der Waals surface area contributed by atoms with E-state index in [1.54, 1.807) is 0 Å². The van der Waals surface area contributed by atoms with Crippen molar-refractivity contribution in [3.8, 4) is 5.75 Å². The van der Waals surface area contributed by atoms with Crippen molar-refractivity contribution in [1.82, 2.24) is 4.90 Å². The van der Waals surface area contributed by atoms with Crippen LogP contribution in [-0.4, -0.2) is 29.9 Å². The van der Waals surface area contributed by atoms with Crippen molar-refractivity contribution >= 4 is 11.6 Å². The number of carbonyl (C=O) groups is 1. The van der Waals surface area contributed by atoms with E-state index in [0.717, 1.165) is 35.5 Å². The number of nitrogens with zero attached hydrogens (tertiary/aromatic N) is 1. The molecule has 3 aromatic carbocycles. The molecule has 0 radical (unpaired) electrons. The molecule has 0 bridgehead atoms. The van der Waals surface area contributed by atoms with Crippen molar-refractivity contribution in [2.24, 2.45) is 0 Å². The normalized spacial score (nSPS) is 16.0. The lowest BCUT2D eigenvalue weighted by Crippen LogP contribution is -2.32. The van der Waals surface area contributed by atoms with E-state index in [2.05, 4.69) is 17.4 Å². The highest BCUT2D eigenvalue weighted by molar-refractivity contribution is 5.96. The first-order chi connectivity index (χ1) is 13.8. The maximum absolute atomic E-state index is 13.1. The van der Waals surface area contributed by atoms with E-state index in [9.17, 15) is 4.79 Å². The fraction of sp³-hybridized carbons (Fsp3) is 0.208. The summed E-state index contributed by atoms with van der Waals surface area (Å²) < 4.78 is 5.86. The molecule has 1 heterocycles. The van der Waals surface area contributed by atoms with Gasteiger partial charge >= 0.3 is 0 Å². The minimum atomic E-state index is 0.0737. The summed E-state index contributed by atoms with van der Waals surface area (Å²) in [5.74, 6) is 0.877. The molecule has 4 rings (SSSR count). The molecule has 1 aliphatic rings. The second-order valence-electron chi connectivity index (χ2n) is 7.01. The number of benzene rings is 3. The lowest BCUT2D eigenvalue weighted by Gasteiger charge is -2.19. The summed E-state index contributed by atoms with van der Waals surface area (Å²) >= 11 is 0. The van der Waals surface area contributed by atoms with Gasteiger partial charge in [0.15, 0.2) is 0 Å². The van der Waals surface area contributed by atoms with E-state index in [-0.39, 0.29) is 11.9 Å². The van der Waals surface area contributed by atoms with Crippen LogP contribution in [0, 0.1) is 0 Å². The molecule has 1 amide bonds. The highest BCUT2D eigenvalue weighted by Gasteiger charge is 2.28. The second-order valence-corrected chi connectivity index (χ2v) is 7.01. The van der Waals surface area contributed by atoms with Crippen LogP contribution >= 0.6 is 0 Å². The van der Waals surface area contributed by atoms with E-state index >= 15 is 0 Å². The van der Waals surface area contributed by atoms with Gasteiger partial charge in [-0.25, -0.2) is 0 Å². The number of carbonyl (C=O) groups excluding carboxylic acids is 1. The first-order valence-corrected chi connectivity index (χ1v) is 9.66. The summed E-state index contributed by atoms with van der Waals surface area (Å²) in [5, 5.41) is 3.52. The van der Waals surface area contributed by atoms with Gasteiger partial charge in [-0.15, -0.1) is 0 Å². The molecule has 1 unspecified atom stereocenters. The summed E-state index contributed by atoms with van der Waals surface area (Å²) in [6, 6.07) is 27.8. The molecular weight excluding hydrogens is 348 g/mol. The number of amides is 1. The van der Waals surface area contributed by atoms with Crippen LogP contribution in [-0.2, 0) is 6.61 Å². The molecule has 0 saturated carbocycles. The molecule has 4 heteroatoms. The van der Waals surface area contributed by atoms with Gasteiger partial charge in [-0.3, -0.25) is 4.79 Å². The molecule has 1 saturated heterocycles. The van der Waals surface area contributed by atoms with Gasteiger partial charge in [0.25, 0.3) is 5.91 Å². The van der Waals surface area contributed by atoms with Gasteiger partial charge in [-0.05, 0) is 36.8 Å². The molecule has 142 valence electrons. The van der Waals surface area contributed by atoms with Crippen LogP contribution in [0.15, 0.2) is 84.9 Å². The maximum Gasteiger partial charge on any atom is 0.254 e. The van der Waals surface area contributed by atoms with Gasteiger partial charge in [0.2, 0.25) is 0 Å². The summed E-state index contributed by atoms with van der Waals surface area (Å²) in [5.41, 5.74) is 2.73. The van der Waals surface area contributed by atoms with E-state index in [4.69, 9.17) is 4.74 Å². The van der Waals surface area contributed by atoms with Gasteiger partial charge in [-0.2, -0.15) is 0 Å². The Bertz CT molecular complexity index is 912. The number of rotatable bonds is 6. The molecule has 1 fully saturated rings. The lowest BCUT2D eigenvalue weighted by molar-refractivity contribution is 0.0789. The number of anilines is 1. The van der Waals surface area contributed by atoms with Gasteiger partial charge in [-0.1, -0.05) is 54.6 Å². The maximum atomic E-state index is 13.1. The average molecular weight is 372 g/mol. The topological polar surface area (TPSA) is 41.6 Å². The molecule has 28 heavy (non-hydrogen) atoms. The third kappa shape index (κ3) is 4.34. The fourth-order valence-corrected chi connectivity index (χ4v) is 3.54. The van der Waals surface area contributed by atoms with E-state index < -0.39 is 0 Å². The predicted octanol–water partition coefficient (Wildman–Crippen LogP) is 4.59. The number of hydrogen-bond acceptors (Lipinski definition) is 3. The third-order valence-electron chi connectivity index (χ3n) is 5.01. The van der Waals surface area contributed by atoms with E-state index in [1.165, 1.54) is 0 Å². The van der Waals surface area contributed by atoms with Gasteiger partial charge in [0, 0.05) is 35.9 Å². The molecule has 0 aromatic heterocycles. The van der Waals surface area contributed by atoms with Crippen molar-refractivity contribution in [1.29, 1.82) is 0 Å². The number of hydrogen-bond donors (Lipinski definition) is 1. The Morgan fingerprint density at radius 3 is 2.39 bits per heavy atom. The Kier molecular flexibility index (Phi) is 5.57. The Hall–Kier alpha value is -3.27. The fourth-order valence-electron chi connectivity index (χ4n) is 3.54. The lowest BCUT2D eigenvalue weighted by atomic mass is 10.1. The largest absolute Gasteiger partial charge is 0.489 e. The molecule has 1 aliphatic heterocycles. The average Bonchev–Trinajstić information content (AvgIpc) is 3.22. The van der Waals surface area contributed by atoms with Crippen molar-refractivity contribution < 1.29 is 9.53 Å². The Morgan fingerprint density at radius 1 is 0.929 bits per heavy atom. The number of para-hydroxylation sites is 2. The standard InChI is InChI=1S/C24H24N2O2/c27-24(26-16-15-21(17-26)25-20-10-3-1-4-11-20)23-14-8-7-9-19(23)18-28-22-12-5-2-6-13-22/h1-14,21,25H,15-18H2. The zero-order chi connectivity index (χ0) is 19.2. The van der Waals surface area contributed by atoms with Crippen LogP contribution in [0.2, 0.25) is 0 Å². The summed E-state index contributed by atoms with van der Waals surface area (Å²) in [6.07, 6.45) is 0.948. The quantitative estimate of drug-likeness (QED) is 0.688. The summed E-state index contributed by atoms with van der Waals surface area (Å²) in [7, 11) is 0. The molecule has 1 N–H and O–H groups in total. The smallest absolute Gasteiger partial charge is 0.254 e. The molecule has 1 atom stereocenters. The first kappa shape index (κ1) is 18.1. The molecule has 0 spiro atoms. The van der Waals surface area contributed by atoms with Crippen molar-refractivity contribution in [3.05, 3.63) is 96.1 Å². The Labute approximate surface area is 165 Å². The van der Waals surface area contributed by atoms with E-state index in [0.29, 0.717) is 13.2 Å². The predicted molar refractivity (Wildman–Crippen MR) is 112 cm³/mol. The zero-order valence-corrected chi connectivity index (χ0v) is 15.8. The van der Waals surface area contributed by atoms with Crippen LogP contribution in [0.1, 0.15) is 22.3 Å². The van der Waals surface area contributed by atoms with Gasteiger partial charge in [0.1, 0.15) is 12.4 Å². The highest BCUT2D eigenvalue weighted by atomic mass is 16.5. The number of nitrogens with one attached hydrogen (secondary N) is 1. The van der Waals surface area contributed by atoms with Gasteiger partial charge in [0.05, 0.1) is 0 Å². The molecule has 0 aliphatic carbocycles. The zero-order valence-electron chi connectivity index (χ0n) is 15.8. The van der Waals surface area contributed by atoms with Crippen molar-refractivity contribution in [2.75, 3.05) is 18.4 Å². The molecule has 3 aromatic rings. The first-order valence-electron chi connectivity index (χ1n) is 9.66. The summed E-state index contributed by atoms with van der Waals surface area (Å²) in [4.78, 5) is 15.1.